The third kappa shape index (κ3) is 5.41. The maximum absolute atomic E-state index is 11.8. The lowest BCUT2D eigenvalue weighted by Crippen LogP contribution is -2.06. The van der Waals surface area contributed by atoms with Gasteiger partial charge in [-0.3, -0.25) is 4.79 Å². The van der Waals surface area contributed by atoms with Crippen LogP contribution >= 0.6 is 38.9 Å². The molecule has 3 nitrogen and oxygen atoms in total. The van der Waals surface area contributed by atoms with Crippen LogP contribution < -0.4 is 4.74 Å². The van der Waals surface area contributed by atoms with Crippen molar-refractivity contribution in [3.05, 3.63) is 43.8 Å². The van der Waals surface area contributed by atoms with Gasteiger partial charge in [0.1, 0.15) is 20.9 Å². The van der Waals surface area contributed by atoms with Crippen molar-refractivity contribution in [2.45, 2.75) is 26.2 Å². The van der Waals surface area contributed by atoms with Crippen LogP contribution in [0.15, 0.2) is 28.9 Å². The maximum Gasteiger partial charge on any atom is 0.139 e. The number of rotatable bonds is 7. The minimum atomic E-state index is 0.164. The van der Waals surface area contributed by atoms with Crippen molar-refractivity contribution in [3.8, 4) is 5.75 Å². The van der Waals surface area contributed by atoms with Gasteiger partial charge in [0.25, 0.3) is 0 Å². The third-order valence-corrected chi connectivity index (χ3v) is 4.88. The molecule has 0 saturated heterocycles. The van der Waals surface area contributed by atoms with E-state index >= 15 is 0 Å². The van der Waals surface area contributed by atoms with Gasteiger partial charge in [0.05, 0.1) is 19.2 Å². The van der Waals surface area contributed by atoms with Crippen LogP contribution in [0.5, 0.6) is 5.75 Å². The third-order valence-electron chi connectivity index (χ3n) is 2.87. The summed E-state index contributed by atoms with van der Waals surface area (Å²) < 4.78 is 7.32. The van der Waals surface area contributed by atoms with Crippen LogP contribution in [0.1, 0.15) is 23.4 Å². The van der Waals surface area contributed by atoms with E-state index in [4.69, 9.17) is 16.3 Å². The fraction of sp³-hybridized carbons (Fsp3) is 0.333. The van der Waals surface area contributed by atoms with Crippen LogP contribution in [0.2, 0.25) is 4.34 Å². The van der Waals surface area contributed by atoms with Crippen LogP contribution in [0.4, 0.5) is 0 Å². The summed E-state index contributed by atoms with van der Waals surface area (Å²) in [7, 11) is 0. The number of aryl methyl sites for hydroxylation is 1. The molecule has 0 aliphatic heterocycles. The second-order valence-electron chi connectivity index (χ2n) is 4.64. The van der Waals surface area contributed by atoms with Gasteiger partial charge in [0.2, 0.25) is 0 Å². The number of carbonyl (C=O) groups excluding carboxylic acids is 1. The molecule has 0 fully saturated rings. The van der Waals surface area contributed by atoms with E-state index in [1.54, 1.807) is 6.20 Å². The van der Waals surface area contributed by atoms with Gasteiger partial charge < -0.3 is 4.74 Å². The van der Waals surface area contributed by atoms with Crippen molar-refractivity contribution in [1.29, 1.82) is 0 Å². The first-order valence-corrected chi connectivity index (χ1v) is 8.54. The number of hydrogen-bond donors (Lipinski definition) is 0. The molecule has 21 heavy (non-hydrogen) atoms. The fourth-order valence-corrected chi connectivity index (χ4v) is 3.02. The van der Waals surface area contributed by atoms with E-state index in [0.29, 0.717) is 30.2 Å². The van der Waals surface area contributed by atoms with Gasteiger partial charge in [-0.05, 0) is 37.1 Å². The molecule has 1 aromatic heterocycles. The summed E-state index contributed by atoms with van der Waals surface area (Å²) in [6, 6.07) is 5.85. The first-order valence-electron chi connectivity index (χ1n) is 6.55. The van der Waals surface area contributed by atoms with Crippen LogP contribution in [0, 0.1) is 6.92 Å². The second kappa shape index (κ2) is 7.92. The van der Waals surface area contributed by atoms with E-state index in [1.807, 2.05) is 25.1 Å². The number of thiazole rings is 1. The molecule has 1 aromatic carbocycles. The van der Waals surface area contributed by atoms with Crippen LogP contribution in [-0.4, -0.2) is 17.4 Å². The number of ether oxygens (including phenoxy) is 1. The molecule has 112 valence electrons. The lowest BCUT2D eigenvalue weighted by Gasteiger charge is -2.07. The van der Waals surface area contributed by atoms with E-state index in [1.165, 1.54) is 11.3 Å². The highest BCUT2D eigenvalue weighted by atomic mass is 79.9. The Bertz CT molecular complexity index is 630. The van der Waals surface area contributed by atoms with Crippen molar-refractivity contribution in [3.63, 3.8) is 0 Å². The average Bonchev–Trinajstić information content (AvgIpc) is 2.84. The van der Waals surface area contributed by atoms with Gasteiger partial charge in [0, 0.05) is 10.9 Å². The minimum absolute atomic E-state index is 0.164. The molecule has 2 rings (SSSR count). The van der Waals surface area contributed by atoms with Crippen LogP contribution in [-0.2, 0) is 11.2 Å². The largest absolute Gasteiger partial charge is 0.494 e. The summed E-state index contributed by atoms with van der Waals surface area (Å²) in [5.74, 6) is 0.992. The van der Waals surface area contributed by atoms with E-state index < -0.39 is 0 Å². The Morgan fingerprint density at radius 1 is 1.48 bits per heavy atom. The molecule has 0 amide bonds. The van der Waals surface area contributed by atoms with Crippen molar-refractivity contribution >= 4 is 44.7 Å². The summed E-state index contributed by atoms with van der Waals surface area (Å²) in [5, 5.41) is 0.773. The highest BCUT2D eigenvalue weighted by Crippen LogP contribution is 2.22. The quantitative estimate of drug-likeness (QED) is 0.637. The van der Waals surface area contributed by atoms with E-state index in [9.17, 15) is 4.79 Å². The van der Waals surface area contributed by atoms with Crippen molar-refractivity contribution < 1.29 is 9.53 Å². The van der Waals surface area contributed by atoms with Gasteiger partial charge in [0.15, 0.2) is 0 Å². The number of Topliss-reactive ketones (excluding diaryl/α,β-unsaturated/α-hetero) is 1. The van der Waals surface area contributed by atoms with Gasteiger partial charge >= 0.3 is 0 Å². The molecule has 0 atom stereocenters. The highest BCUT2D eigenvalue weighted by molar-refractivity contribution is 9.10. The maximum atomic E-state index is 11.8. The molecule has 0 radical (unpaired) electrons. The second-order valence-corrected chi connectivity index (χ2v) is 7.24. The number of ketones is 1. The Morgan fingerprint density at radius 3 is 2.95 bits per heavy atom. The molecule has 0 aliphatic rings. The summed E-state index contributed by atoms with van der Waals surface area (Å²) >= 11 is 10.6. The highest BCUT2D eigenvalue weighted by Gasteiger charge is 2.07. The van der Waals surface area contributed by atoms with E-state index in [2.05, 4.69) is 20.9 Å². The number of hydrogen-bond acceptors (Lipinski definition) is 4. The number of nitrogens with zero attached hydrogens (tertiary/aromatic N) is 1. The SMILES string of the molecule is Cc1cc(OCCCC(=O)Cc2ncc(Cl)s2)ccc1Br. The predicted molar refractivity (Wildman–Crippen MR) is 89.4 cm³/mol. The zero-order chi connectivity index (χ0) is 15.2. The molecule has 0 bridgehead atoms. The number of aromatic nitrogens is 1. The first kappa shape index (κ1) is 16.5. The smallest absolute Gasteiger partial charge is 0.139 e. The summed E-state index contributed by atoms with van der Waals surface area (Å²) in [6.07, 6.45) is 3.13. The van der Waals surface area contributed by atoms with Gasteiger partial charge in [-0.1, -0.05) is 27.5 Å². The normalized spacial score (nSPS) is 10.6. The van der Waals surface area contributed by atoms with Crippen LogP contribution in [0.3, 0.4) is 0 Å². The van der Waals surface area contributed by atoms with Crippen molar-refractivity contribution in [1.82, 2.24) is 4.98 Å². The number of benzene rings is 1. The molecule has 2 aromatic rings. The van der Waals surface area contributed by atoms with Gasteiger partial charge in [-0.25, -0.2) is 4.98 Å². The lowest BCUT2D eigenvalue weighted by molar-refractivity contribution is -0.118. The van der Waals surface area contributed by atoms with Crippen molar-refractivity contribution in [2.24, 2.45) is 0 Å². The summed E-state index contributed by atoms with van der Waals surface area (Å²) in [6.45, 7) is 2.55. The molecule has 0 saturated carbocycles. The minimum Gasteiger partial charge on any atom is -0.494 e. The Labute approximate surface area is 141 Å². The van der Waals surface area contributed by atoms with Gasteiger partial charge in [-0.15, -0.1) is 11.3 Å². The molecule has 0 aliphatic carbocycles. The number of halogens is 2. The zero-order valence-corrected chi connectivity index (χ0v) is 14.7. The molecule has 1 heterocycles. The van der Waals surface area contributed by atoms with E-state index in [0.717, 1.165) is 20.8 Å². The van der Waals surface area contributed by atoms with Crippen LogP contribution in [0.25, 0.3) is 0 Å². The van der Waals surface area contributed by atoms with Crippen molar-refractivity contribution in [2.75, 3.05) is 6.61 Å². The standard InChI is InChI=1S/C15H15BrClNO2S/c1-10-7-12(4-5-13(10)16)20-6-2-3-11(19)8-15-18-9-14(17)21-15/h4-5,7,9H,2-3,6,8H2,1H3. The molecular formula is C15H15BrClNO2S. The Morgan fingerprint density at radius 2 is 2.29 bits per heavy atom. The lowest BCUT2D eigenvalue weighted by atomic mass is 10.2. The monoisotopic (exact) mass is 387 g/mol. The predicted octanol–water partition coefficient (Wildman–Crippen LogP) is 4.84. The molecule has 0 unspecified atom stereocenters. The molecule has 0 spiro atoms. The Balaban J connectivity index is 1.69. The molecular weight excluding hydrogens is 374 g/mol. The Kier molecular flexibility index (Phi) is 6.21. The molecule has 0 N–H and O–H groups in total. The first-order chi connectivity index (χ1) is 10.0. The average molecular weight is 389 g/mol. The zero-order valence-electron chi connectivity index (χ0n) is 11.6. The molecule has 6 heteroatoms. The van der Waals surface area contributed by atoms with Gasteiger partial charge in [-0.2, -0.15) is 0 Å². The fourth-order valence-electron chi connectivity index (χ4n) is 1.79. The summed E-state index contributed by atoms with van der Waals surface area (Å²) in [5.41, 5.74) is 1.13. The van der Waals surface area contributed by atoms with E-state index in [-0.39, 0.29) is 5.78 Å². The summed E-state index contributed by atoms with van der Waals surface area (Å²) in [4.78, 5) is 15.9. The Hall–Kier alpha value is -0.910. The topological polar surface area (TPSA) is 39.2 Å². The number of carbonyl (C=O) groups is 1.